The smallest absolute Gasteiger partial charge is 0.461 e. The Morgan fingerprint density at radius 2 is 1.91 bits per heavy atom. The van der Waals surface area contributed by atoms with Gasteiger partial charge in [0.1, 0.15) is 6.61 Å². The van der Waals surface area contributed by atoms with E-state index in [4.69, 9.17) is 4.74 Å². The number of nitrogens with zero attached hydrogens (tertiary/aromatic N) is 3. The Labute approximate surface area is 130 Å². The van der Waals surface area contributed by atoms with Crippen molar-refractivity contribution in [1.29, 1.82) is 0 Å². The van der Waals surface area contributed by atoms with Crippen molar-refractivity contribution >= 4 is 11.9 Å². The van der Waals surface area contributed by atoms with Crippen molar-refractivity contribution in [2.45, 2.75) is 6.18 Å². The maximum atomic E-state index is 12.3. The number of carbonyl (C=O) groups is 2. The van der Waals surface area contributed by atoms with Crippen molar-refractivity contribution in [3.8, 4) is 0 Å². The molecule has 0 bridgehead atoms. The van der Waals surface area contributed by atoms with Gasteiger partial charge >= 0.3 is 18.1 Å². The molecule has 1 aliphatic rings. The quantitative estimate of drug-likeness (QED) is 0.769. The SMILES string of the molecule is O=C(OCCN1CCN(C(=O)C(F)(F)F)CC1)c1cccnc1. The lowest BCUT2D eigenvalue weighted by Gasteiger charge is -2.34. The summed E-state index contributed by atoms with van der Waals surface area (Å²) in [6.45, 7) is 1.17. The van der Waals surface area contributed by atoms with Gasteiger partial charge in [0.05, 0.1) is 5.56 Å². The highest BCUT2D eigenvalue weighted by Crippen LogP contribution is 2.19. The molecule has 1 amide bonds. The second-order valence-electron chi connectivity index (χ2n) is 5.01. The van der Waals surface area contributed by atoms with Gasteiger partial charge in [-0.05, 0) is 12.1 Å². The van der Waals surface area contributed by atoms with E-state index < -0.39 is 18.1 Å². The number of halogens is 3. The van der Waals surface area contributed by atoms with Crippen molar-refractivity contribution in [3.63, 3.8) is 0 Å². The molecule has 0 aromatic carbocycles. The standard InChI is InChI=1S/C14H16F3N3O3/c15-14(16,17)13(22)20-6-4-19(5-7-20)8-9-23-12(21)11-2-1-3-18-10-11/h1-3,10H,4-9H2. The van der Waals surface area contributed by atoms with E-state index in [-0.39, 0.29) is 19.7 Å². The fourth-order valence-corrected chi connectivity index (χ4v) is 2.19. The highest BCUT2D eigenvalue weighted by atomic mass is 19.4. The molecule has 2 rings (SSSR count). The number of ether oxygens (including phenoxy) is 1. The Balaban J connectivity index is 1.69. The van der Waals surface area contributed by atoms with Gasteiger partial charge in [-0.3, -0.25) is 14.7 Å². The third kappa shape index (κ3) is 4.92. The number of pyridine rings is 1. The van der Waals surface area contributed by atoms with E-state index in [1.165, 1.54) is 6.20 Å². The Bertz CT molecular complexity index is 543. The third-order valence-corrected chi connectivity index (χ3v) is 3.44. The van der Waals surface area contributed by atoms with E-state index in [1.807, 2.05) is 4.90 Å². The van der Waals surface area contributed by atoms with E-state index in [9.17, 15) is 22.8 Å². The molecule has 1 saturated heterocycles. The van der Waals surface area contributed by atoms with E-state index in [0.717, 1.165) is 4.90 Å². The molecule has 6 nitrogen and oxygen atoms in total. The van der Waals surface area contributed by atoms with Crippen LogP contribution in [0.25, 0.3) is 0 Å². The molecule has 0 spiro atoms. The summed E-state index contributed by atoms with van der Waals surface area (Å²) in [7, 11) is 0. The zero-order chi connectivity index (χ0) is 16.9. The molecule has 0 aliphatic carbocycles. The van der Waals surface area contributed by atoms with Crippen LogP contribution in [0.3, 0.4) is 0 Å². The molecule has 1 aromatic heterocycles. The topological polar surface area (TPSA) is 62.7 Å². The molecule has 0 atom stereocenters. The molecule has 23 heavy (non-hydrogen) atoms. The van der Waals surface area contributed by atoms with Gasteiger partial charge in [0.2, 0.25) is 0 Å². The minimum atomic E-state index is -4.83. The van der Waals surface area contributed by atoms with E-state index in [1.54, 1.807) is 18.3 Å². The lowest BCUT2D eigenvalue weighted by molar-refractivity contribution is -0.187. The van der Waals surface area contributed by atoms with E-state index >= 15 is 0 Å². The number of amides is 1. The lowest BCUT2D eigenvalue weighted by Crippen LogP contribution is -2.52. The normalized spacial score (nSPS) is 16.2. The summed E-state index contributed by atoms with van der Waals surface area (Å²) in [5.41, 5.74) is 0.341. The van der Waals surface area contributed by atoms with Crippen LogP contribution in [0.2, 0.25) is 0 Å². The molecular formula is C14H16F3N3O3. The first-order valence-corrected chi connectivity index (χ1v) is 7.03. The summed E-state index contributed by atoms with van der Waals surface area (Å²) < 4.78 is 42.0. The molecule has 1 fully saturated rings. The number of rotatable bonds is 4. The zero-order valence-corrected chi connectivity index (χ0v) is 12.3. The predicted molar refractivity (Wildman–Crippen MR) is 73.6 cm³/mol. The van der Waals surface area contributed by atoms with Crippen LogP contribution in [0, 0.1) is 0 Å². The van der Waals surface area contributed by atoms with Crippen molar-refractivity contribution in [2.75, 3.05) is 39.3 Å². The van der Waals surface area contributed by atoms with Gasteiger partial charge < -0.3 is 9.64 Å². The summed E-state index contributed by atoms with van der Waals surface area (Å²) in [6, 6.07) is 3.20. The fraction of sp³-hybridized carbons (Fsp3) is 0.500. The molecule has 0 unspecified atom stereocenters. The Hall–Kier alpha value is -2.16. The lowest BCUT2D eigenvalue weighted by atomic mass is 10.3. The highest BCUT2D eigenvalue weighted by molar-refractivity contribution is 5.88. The van der Waals surface area contributed by atoms with E-state index in [2.05, 4.69) is 4.98 Å². The zero-order valence-electron chi connectivity index (χ0n) is 12.3. The van der Waals surface area contributed by atoms with Crippen LogP contribution >= 0.6 is 0 Å². The molecule has 2 heterocycles. The summed E-state index contributed by atoms with van der Waals surface area (Å²) >= 11 is 0. The number of piperazine rings is 1. The van der Waals surface area contributed by atoms with E-state index in [0.29, 0.717) is 25.2 Å². The summed E-state index contributed by atoms with van der Waals surface area (Å²) in [6.07, 6.45) is -1.90. The van der Waals surface area contributed by atoms with Crippen LogP contribution < -0.4 is 0 Å². The summed E-state index contributed by atoms with van der Waals surface area (Å²) in [4.78, 5) is 29.2. The second kappa shape index (κ2) is 7.40. The van der Waals surface area contributed by atoms with Gasteiger partial charge in [-0.25, -0.2) is 4.79 Å². The maximum absolute atomic E-state index is 12.3. The van der Waals surface area contributed by atoms with Crippen LogP contribution in [0.1, 0.15) is 10.4 Å². The first-order valence-electron chi connectivity index (χ1n) is 7.03. The van der Waals surface area contributed by atoms with Gasteiger partial charge in [-0.1, -0.05) is 0 Å². The van der Waals surface area contributed by atoms with Crippen LogP contribution in [-0.2, 0) is 9.53 Å². The number of alkyl halides is 3. The first kappa shape index (κ1) is 17.2. The van der Waals surface area contributed by atoms with Crippen molar-refractivity contribution in [1.82, 2.24) is 14.8 Å². The number of hydrogen-bond donors (Lipinski definition) is 0. The average Bonchev–Trinajstić information content (AvgIpc) is 2.54. The highest BCUT2D eigenvalue weighted by Gasteiger charge is 2.43. The largest absolute Gasteiger partial charge is 0.471 e. The number of esters is 1. The maximum Gasteiger partial charge on any atom is 0.471 e. The second-order valence-corrected chi connectivity index (χ2v) is 5.01. The molecule has 1 aliphatic heterocycles. The Morgan fingerprint density at radius 3 is 2.48 bits per heavy atom. The molecule has 1 aromatic rings. The number of aromatic nitrogens is 1. The summed E-state index contributed by atoms with van der Waals surface area (Å²) in [5, 5.41) is 0. The molecule has 0 N–H and O–H groups in total. The number of hydrogen-bond acceptors (Lipinski definition) is 5. The molecule has 0 radical (unpaired) electrons. The van der Waals surface area contributed by atoms with Crippen molar-refractivity contribution < 1.29 is 27.5 Å². The molecule has 126 valence electrons. The minimum Gasteiger partial charge on any atom is -0.461 e. The summed E-state index contributed by atoms with van der Waals surface area (Å²) in [5.74, 6) is -2.30. The van der Waals surface area contributed by atoms with Gasteiger partial charge in [-0.2, -0.15) is 13.2 Å². The fourth-order valence-electron chi connectivity index (χ4n) is 2.19. The molecular weight excluding hydrogens is 315 g/mol. The molecule has 0 saturated carbocycles. The van der Waals surface area contributed by atoms with Crippen LogP contribution in [0.4, 0.5) is 13.2 Å². The minimum absolute atomic E-state index is 0.00882. The monoisotopic (exact) mass is 331 g/mol. The average molecular weight is 331 g/mol. The van der Waals surface area contributed by atoms with Gasteiger partial charge in [-0.15, -0.1) is 0 Å². The van der Waals surface area contributed by atoms with Crippen molar-refractivity contribution in [3.05, 3.63) is 30.1 Å². The van der Waals surface area contributed by atoms with Crippen LogP contribution in [0.5, 0.6) is 0 Å². The third-order valence-electron chi connectivity index (χ3n) is 3.44. The van der Waals surface area contributed by atoms with Crippen LogP contribution in [-0.4, -0.2) is 72.2 Å². The Morgan fingerprint density at radius 1 is 1.22 bits per heavy atom. The van der Waals surface area contributed by atoms with Gasteiger partial charge in [0.25, 0.3) is 0 Å². The van der Waals surface area contributed by atoms with Gasteiger partial charge in [0.15, 0.2) is 0 Å². The van der Waals surface area contributed by atoms with Crippen molar-refractivity contribution in [2.24, 2.45) is 0 Å². The number of carbonyl (C=O) groups excluding carboxylic acids is 2. The first-order chi connectivity index (χ1) is 10.9. The Kier molecular flexibility index (Phi) is 5.54. The van der Waals surface area contributed by atoms with Crippen LogP contribution in [0.15, 0.2) is 24.5 Å². The van der Waals surface area contributed by atoms with Gasteiger partial charge in [0, 0.05) is 45.1 Å². The molecule has 9 heteroatoms. The predicted octanol–water partition coefficient (Wildman–Crippen LogP) is 0.945.